The Balaban J connectivity index is 2.03. The molecule has 1 saturated carbocycles. The molecule has 0 radical (unpaired) electrons. The SMILES string of the molecule is NC[C@]1(N)[C@H](c2ccccc2)[C@H]1S(=O)(=O)c1ccccc1. The molecule has 110 valence electrons. The number of rotatable bonds is 4. The van der Waals surface area contributed by atoms with Crippen molar-refractivity contribution >= 4 is 9.84 Å². The van der Waals surface area contributed by atoms with Crippen LogP contribution in [0.5, 0.6) is 0 Å². The summed E-state index contributed by atoms with van der Waals surface area (Å²) in [6.07, 6.45) is 0. The van der Waals surface area contributed by atoms with Crippen molar-refractivity contribution in [3.8, 4) is 0 Å². The smallest absolute Gasteiger partial charge is 0.183 e. The molecule has 21 heavy (non-hydrogen) atoms. The number of nitrogens with two attached hydrogens (primary N) is 2. The summed E-state index contributed by atoms with van der Waals surface area (Å²) in [5, 5.41) is -0.667. The fourth-order valence-corrected chi connectivity index (χ4v) is 5.38. The monoisotopic (exact) mass is 302 g/mol. The minimum Gasteiger partial charge on any atom is -0.329 e. The van der Waals surface area contributed by atoms with E-state index in [1.807, 2.05) is 30.3 Å². The van der Waals surface area contributed by atoms with Crippen molar-refractivity contribution in [2.75, 3.05) is 6.54 Å². The Bertz CT molecular complexity index is 731. The maximum Gasteiger partial charge on any atom is 0.183 e. The van der Waals surface area contributed by atoms with Crippen LogP contribution in [0.3, 0.4) is 0 Å². The van der Waals surface area contributed by atoms with E-state index in [1.165, 1.54) is 0 Å². The maximum atomic E-state index is 12.8. The van der Waals surface area contributed by atoms with E-state index in [1.54, 1.807) is 30.3 Å². The van der Waals surface area contributed by atoms with Gasteiger partial charge in [0, 0.05) is 12.5 Å². The Morgan fingerprint density at radius 3 is 2.00 bits per heavy atom. The topological polar surface area (TPSA) is 86.2 Å². The summed E-state index contributed by atoms with van der Waals surface area (Å²) < 4.78 is 25.6. The quantitative estimate of drug-likeness (QED) is 0.891. The van der Waals surface area contributed by atoms with Gasteiger partial charge < -0.3 is 11.5 Å². The third-order valence-corrected chi connectivity index (χ3v) is 6.53. The summed E-state index contributed by atoms with van der Waals surface area (Å²) in [6, 6.07) is 17.9. The molecule has 1 aliphatic carbocycles. The van der Waals surface area contributed by atoms with Crippen LogP contribution >= 0.6 is 0 Å². The Kier molecular flexibility index (Phi) is 3.36. The molecule has 0 amide bonds. The Morgan fingerprint density at radius 2 is 1.48 bits per heavy atom. The lowest BCUT2D eigenvalue weighted by Gasteiger charge is -2.08. The molecule has 1 fully saturated rings. The van der Waals surface area contributed by atoms with Gasteiger partial charge in [0.05, 0.1) is 15.7 Å². The second kappa shape index (κ2) is 4.94. The molecule has 4 N–H and O–H groups in total. The van der Waals surface area contributed by atoms with Gasteiger partial charge >= 0.3 is 0 Å². The van der Waals surface area contributed by atoms with Crippen molar-refractivity contribution in [3.05, 3.63) is 66.2 Å². The minimum atomic E-state index is -3.49. The van der Waals surface area contributed by atoms with Crippen LogP contribution in [0.25, 0.3) is 0 Å². The molecule has 0 spiro atoms. The van der Waals surface area contributed by atoms with Crippen molar-refractivity contribution in [2.24, 2.45) is 11.5 Å². The number of benzene rings is 2. The zero-order valence-electron chi connectivity index (χ0n) is 11.5. The van der Waals surface area contributed by atoms with Crippen molar-refractivity contribution < 1.29 is 8.42 Å². The first kappa shape index (κ1) is 14.3. The molecule has 0 unspecified atom stereocenters. The average Bonchev–Trinajstić information content (AvgIpc) is 3.17. The van der Waals surface area contributed by atoms with Gasteiger partial charge in [-0.25, -0.2) is 8.42 Å². The van der Waals surface area contributed by atoms with Crippen LogP contribution < -0.4 is 11.5 Å². The molecule has 2 aromatic carbocycles. The average molecular weight is 302 g/mol. The van der Waals surface area contributed by atoms with Crippen LogP contribution in [0.4, 0.5) is 0 Å². The highest BCUT2D eigenvalue weighted by Gasteiger charge is 2.68. The molecule has 0 heterocycles. The van der Waals surface area contributed by atoms with Crippen LogP contribution in [0.2, 0.25) is 0 Å². The van der Waals surface area contributed by atoms with Gasteiger partial charge in [0.2, 0.25) is 0 Å². The Morgan fingerprint density at radius 1 is 0.952 bits per heavy atom. The van der Waals surface area contributed by atoms with Crippen LogP contribution in [0.15, 0.2) is 65.6 Å². The first-order valence-corrected chi connectivity index (χ1v) is 8.39. The van der Waals surface area contributed by atoms with Crippen molar-refractivity contribution in [2.45, 2.75) is 21.6 Å². The lowest BCUT2D eigenvalue weighted by molar-refractivity contribution is 0.586. The van der Waals surface area contributed by atoms with Crippen LogP contribution in [-0.4, -0.2) is 25.8 Å². The van der Waals surface area contributed by atoms with E-state index in [-0.39, 0.29) is 12.5 Å². The summed E-state index contributed by atoms with van der Waals surface area (Å²) in [4.78, 5) is 0.303. The summed E-state index contributed by atoms with van der Waals surface area (Å²) in [7, 11) is -3.49. The van der Waals surface area contributed by atoms with E-state index in [2.05, 4.69) is 0 Å². The molecule has 3 atom stereocenters. The first-order valence-electron chi connectivity index (χ1n) is 6.84. The minimum absolute atomic E-state index is 0.142. The fraction of sp³-hybridized carbons (Fsp3) is 0.250. The largest absolute Gasteiger partial charge is 0.329 e. The van der Waals surface area contributed by atoms with Crippen molar-refractivity contribution in [1.82, 2.24) is 0 Å². The molecule has 0 saturated heterocycles. The third-order valence-electron chi connectivity index (χ3n) is 4.22. The van der Waals surface area contributed by atoms with E-state index >= 15 is 0 Å². The fourth-order valence-electron chi connectivity index (χ4n) is 3.04. The highest BCUT2D eigenvalue weighted by molar-refractivity contribution is 7.92. The molecular formula is C16H18N2O2S. The second-order valence-electron chi connectivity index (χ2n) is 5.48. The van der Waals surface area contributed by atoms with Gasteiger partial charge in [0.25, 0.3) is 0 Å². The highest BCUT2D eigenvalue weighted by Crippen LogP contribution is 2.54. The summed E-state index contributed by atoms with van der Waals surface area (Å²) >= 11 is 0. The molecule has 0 bridgehead atoms. The first-order chi connectivity index (χ1) is 10.0. The van der Waals surface area contributed by atoms with Crippen LogP contribution in [0.1, 0.15) is 11.5 Å². The molecule has 3 rings (SSSR count). The van der Waals surface area contributed by atoms with Gasteiger partial charge in [-0.15, -0.1) is 0 Å². The van der Waals surface area contributed by atoms with Crippen molar-refractivity contribution in [3.63, 3.8) is 0 Å². The molecule has 0 aromatic heterocycles. The highest BCUT2D eigenvalue weighted by atomic mass is 32.2. The lowest BCUT2D eigenvalue weighted by atomic mass is 10.1. The van der Waals surface area contributed by atoms with Gasteiger partial charge in [-0.3, -0.25) is 0 Å². The lowest BCUT2D eigenvalue weighted by Crippen LogP contribution is -2.39. The maximum absolute atomic E-state index is 12.8. The summed E-state index contributed by atoms with van der Waals surface area (Å²) in [5.74, 6) is -0.256. The molecule has 5 heteroatoms. The molecule has 0 aliphatic heterocycles. The van der Waals surface area contributed by atoms with Crippen molar-refractivity contribution in [1.29, 1.82) is 0 Å². The Labute approximate surface area is 124 Å². The predicted molar refractivity (Wildman–Crippen MR) is 82.6 cm³/mol. The van der Waals surface area contributed by atoms with Gasteiger partial charge in [0.15, 0.2) is 9.84 Å². The van der Waals surface area contributed by atoms with E-state index in [0.29, 0.717) is 4.90 Å². The number of hydrogen-bond acceptors (Lipinski definition) is 4. The summed E-state index contributed by atoms with van der Waals surface area (Å²) in [5.41, 5.74) is 12.1. The number of sulfone groups is 1. The Hall–Kier alpha value is -1.69. The standard InChI is InChI=1S/C16H18N2O2S/c17-11-16(18)14(12-7-3-1-4-8-12)15(16)21(19,20)13-9-5-2-6-10-13/h1-10,14-15H,11,17-18H2/t14-,15-,16+/m1/s1. The molecule has 4 nitrogen and oxygen atoms in total. The molecule has 1 aliphatic rings. The zero-order valence-corrected chi connectivity index (χ0v) is 12.3. The predicted octanol–water partition coefficient (Wildman–Crippen LogP) is 1.28. The summed E-state index contributed by atoms with van der Waals surface area (Å²) in [6.45, 7) is 0.142. The normalized spacial score (nSPS) is 28.3. The third kappa shape index (κ3) is 2.18. The van der Waals surface area contributed by atoms with Gasteiger partial charge in [-0.1, -0.05) is 48.5 Å². The van der Waals surface area contributed by atoms with E-state index in [9.17, 15) is 8.42 Å². The van der Waals surface area contributed by atoms with E-state index in [4.69, 9.17) is 11.5 Å². The van der Waals surface area contributed by atoms with Gasteiger partial charge in [-0.2, -0.15) is 0 Å². The molecule has 2 aromatic rings. The zero-order chi connectivity index (χ0) is 15.1. The van der Waals surface area contributed by atoms with Gasteiger partial charge in [0.1, 0.15) is 0 Å². The molecular weight excluding hydrogens is 284 g/mol. The van der Waals surface area contributed by atoms with Crippen LogP contribution in [0, 0.1) is 0 Å². The second-order valence-corrected chi connectivity index (χ2v) is 7.55. The van der Waals surface area contributed by atoms with Crippen LogP contribution in [-0.2, 0) is 9.84 Å². The van der Waals surface area contributed by atoms with Gasteiger partial charge in [-0.05, 0) is 17.7 Å². The van der Waals surface area contributed by atoms with E-state index in [0.717, 1.165) is 5.56 Å². The van der Waals surface area contributed by atoms with E-state index < -0.39 is 20.6 Å². The number of hydrogen-bond donors (Lipinski definition) is 2.